The number of fused-ring (bicyclic) bond motifs is 1. The maximum Gasteiger partial charge on any atom is 0.243 e. The van der Waals surface area contributed by atoms with E-state index in [1.807, 2.05) is 6.92 Å². The van der Waals surface area contributed by atoms with Gasteiger partial charge in [-0.2, -0.15) is 4.31 Å². The SMILES string of the molecule is C[C@@H]1C[C@@H](N)CCN1S(=O)(=O)c1ccc2c(c1)OCO2. The molecule has 1 fully saturated rings. The number of hydrogen-bond acceptors (Lipinski definition) is 5. The molecule has 0 unspecified atom stereocenters. The van der Waals surface area contributed by atoms with E-state index in [4.69, 9.17) is 15.2 Å². The number of hydrogen-bond donors (Lipinski definition) is 1. The summed E-state index contributed by atoms with van der Waals surface area (Å²) in [6.45, 7) is 2.48. The summed E-state index contributed by atoms with van der Waals surface area (Å²) in [6.07, 6.45) is 1.37. The molecular formula is C13H18N2O4S. The fourth-order valence-corrected chi connectivity index (χ4v) is 4.39. The predicted octanol–water partition coefficient (Wildman–Crippen LogP) is 0.916. The van der Waals surface area contributed by atoms with Gasteiger partial charge in [0.2, 0.25) is 16.8 Å². The van der Waals surface area contributed by atoms with Crippen LogP contribution in [0.3, 0.4) is 0 Å². The van der Waals surface area contributed by atoms with Crippen molar-refractivity contribution in [1.82, 2.24) is 4.31 Å². The van der Waals surface area contributed by atoms with Crippen LogP contribution in [0, 0.1) is 0 Å². The molecule has 2 atom stereocenters. The molecule has 0 amide bonds. The summed E-state index contributed by atoms with van der Waals surface area (Å²) in [5, 5.41) is 0. The van der Waals surface area contributed by atoms with Gasteiger partial charge in [-0.3, -0.25) is 0 Å². The van der Waals surface area contributed by atoms with Crippen LogP contribution in [0.15, 0.2) is 23.1 Å². The van der Waals surface area contributed by atoms with E-state index < -0.39 is 10.0 Å². The van der Waals surface area contributed by atoms with E-state index in [0.717, 1.165) is 0 Å². The average molecular weight is 298 g/mol. The molecular weight excluding hydrogens is 280 g/mol. The Bertz CT molecular complexity index is 617. The molecule has 7 heteroatoms. The highest BCUT2D eigenvalue weighted by atomic mass is 32.2. The Labute approximate surface area is 118 Å². The largest absolute Gasteiger partial charge is 0.454 e. The van der Waals surface area contributed by atoms with E-state index in [1.54, 1.807) is 12.1 Å². The molecule has 0 radical (unpaired) electrons. The number of rotatable bonds is 2. The van der Waals surface area contributed by atoms with Crippen molar-refractivity contribution in [2.75, 3.05) is 13.3 Å². The maximum absolute atomic E-state index is 12.7. The van der Waals surface area contributed by atoms with Crippen molar-refractivity contribution in [3.05, 3.63) is 18.2 Å². The van der Waals surface area contributed by atoms with Crippen LogP contribution in [-0.2, 0) is 10.0 Å². The van der Waals surface area contributed by atoms with Crippen LogP contribution >= 0.6 is 0 Å². The second-order valence-corrected chi connectivity index (χ2v) is 7.15. The zero-order chi connectivity index (χ0) is 14.3. The standard InChI is InChI=1S/C13H18N2O4S/c1-9-6-10(14)4-5-15(9)20(16,17)11-2-3-12-13(7-11)19-8-18-12/h2-3,7,9-10H,4-6,8,14H2,1H3/t9-,10+/m1/s1. The fraction of sp³-hybridized carbons (Fsp3) is 0.538. The van der Waals surface area contributed by atoms with Crippen LogP contribution in [0.1, 0.15) is 19.8 Å². The summed E-state index contributed by atoms with van der Waals surface area (Å²) in [7, 11) is -3.51. The van der Waals surface area contributed by atoms with Gasteiger partial charge in [0.1, 0.15) is 0 Å². The number of piperidine rings is 1. The van der Waals surface area contributed by atoms with E-state index >= 15 is 0 Å². The van der Waals surface area contributed by atoms with Gasteiger partial charge < -0.3 is 15.2 Å². The Morgan fingerprint density at radius 2 is 2.05 bits per heavy atom. The highest BCUT2D eigenvalue weighted by Gasteiger charge is 2.34. The zero-order valence-corrected chi connectivity index (χ0v) is 12.1. The molecule has 3 rings (SSSR count). The van der Waals surface area contributed by atoms with Crippen LogP contribution in [-0.4, -0.2) is 38.1 Å². The fourth-order valence-electron chi connectivity index (χ4n) is 2.72. The van der Waals surface area contributed by atoms with Crippen molar-refractivity contribution >= 4 is 10.0 Å². The van der Waals surface area contributed by atoms with Crippen molar-refractivity contribution in [3.8, 4) is 11.5 Å². The number of benzene rings is 1. The van der Waals surface area contributed by atoms with E-state index in [0.29, 0.717) is 30.9 Å². The Kier molecular flexibility index (Phi) is 3.35. The Balaban J connectivity index is 1.92. The third-order valence-electron chi connectivity index (χ3n) is 3.81. The van der Waals surface area contributed by atoms with Crippen LogP contribution in [0.5, 0.6) is 11.5 Å². The van der Waals surface area contributed by atoms with E-state index in [1.165, 1.54) is 10.4 Å². The molecule has 0 saturated carbocycles. The molecule has 110 valence electrons. The highest BCUT2D eigenvalue weighted by molar-refractivity contribution is 7.89. The Morgan fingerprint density at radius 1 is 1.30 bits per heavy atom. The first-order valence-electron chi connectivity index (χ1n) is 6.65. The van der Waals surface area contributed by atoms with Gasteiger partial charge in [-0.05, 0) is 31.9 Å². The van der Waals surface area contributed by atoms with E-state index in [2.05, 4.69) is 0 Å². The number of sulfonamides is 1. The smallest absolute Gasteiger partial charge is 0.243 e. The number of ether oxygens (including phenoxy) is 2. The van der Waals surface area contributed by atoms with E-state index in [-0.39, 0.29) is 23.8 Å². The average Bonchev–Trinajstić information content (AvgIpc) is 2.85. The second kappa shape index (κ2) is 4.91. The Hall–Kier alpha value is -1.31. The van der Waals surface area contributed by atoms with Crippen LogP contribution in [0.4, 0.5) is 0 Å². The molecule has 2 aliphatic rings. The normalized spacial score (nSPS) is 26.7. The molecule has 0 aromatic heterocycles. The lowest BCUT2D eigenvalue weighted by Gasteiger charge is -2.35. The van der Waals surface area contributed by atoms with Crippen molar-refractivity contribution in [3.63, 3.8) is 0 Å². The third kappa shape index (κ3) is 2.25. The second-order valence-electron chi connectivity index (χ2n) is 5.26. The van der Waals surface area contributed by atoms with Gasteiger partial charge in [-0.1, -0.05) is 0 Å². The van der Waals surface area contributed by atoms with Crippen LogP contribution in [0.2, 0.25) is 0 Å². The van der Waals surface area contributed by atoms with Crippen molar-refractivity contribution in [1.29, 1.82) is 0 Å². The molecule has 1 aromatic carbocycles. The summed E-state index contributed by atoms with van der Waals surface area (Å²) < 4.78 is 37.3. The molecule has 2 N–H and O–H groups in total. The van der Waals surface area contributed by atoms with Gasteiger partial charge in [-0.15, -0.1) is 0 Å². The minimum absolute atomic E-state index is 0.0770. The number of nitrogens with zero attached hydrogens (tertiary/aromatic N) is 1. The van der Waals surface area contributed by atoms with E-state index in [9.17, 15) is 8.42 Å². The first-order valence-corrected chi connectivity index (χ1v) is 8.09. The molecule has 2 heterocycles. The summed E-state index contributed by atoms with van der Waals surface area (Å²) in [5.74, 6) is 1.06. The molecule has 1 aromatic rings. The third-order valence-corrected chi connectivity index (χ3v) is 5.82. The lowest BCUT2D eigenvalue weighted by atomic mass is 10.0. The van der Waals surface area contributed by atoms with Gasteiger partial charge in [0.25, 0.3) is 0 Å². The molecule has 0 spiro atoms. The van der Waals surface area contributed by atoms with Crippen LogP contribution < -0.4 is 15.2 Å². The molecule has 0 bridgehead atoms. The van der Waals surface area contributed by atoms with Gasteiger partial charge >= 0.3 is 0 Å². The predicted molar refractivity (Wildman–Crippen MR) is 73.1 cm³/mol. The minimum atomic E-state index is -3.51. The molecule has 6 nitrogen and oxygen atoms in total. The summed E-state index contributed by atoms with van der Waals surface area (Å²) in [4.78, 5) is 0.240. The number of nitrogens with two attached hydrogens (primary N) is 1. The van der Waals surface area contributed by atoms with Gasteiger partial charge in [0, 0.05) is 24.7 Å². The lowest BCUT2D eigenvalue weighted by molar-refractivity contribution is 0.174. The van der Waals surface area contributed by atoms with Crippen molar-refractivity contribution in [2.24, 2.45) is 5.73 Å². The lowest BCUT2D eigenvalue weighted by Crippen LogP contribution is -2.48. The monoisotopic (exact) mass is 298 g/mol. The summed E-state index contributed by atoms with van der Waals surface area (Å²) >= 11 is 0. The zero-order valence-electron chi connectivity index (χ0n) is 11.3. The summed E-state index contributed by atoms with van der Waals surface area (Å²) in [6, 6.07) is 4.71. The molecule has 0 aliphatic carbocycles. The van der Waals surface area contributed by atoms with Crippen molar-refractivity contribution < 1.29 is 17.9 Å². The highest BCUT2D eigenvalue weighted by Crippen LogP contribution is 2.35. The van der Waals surface area contributed by atoms with Gasteiger partial charge in [-0.25, -0.2) is 8.42 Å². The van der Waals surface area contributed by atoms with Gasteiger partial charge in [0.15, 0.2) is 11.5 Å². The minimum Gasteiger partial charge on any atom is -0.454 e. The molecule has 2 aliphatic heterocycles. The summed E-state index contributed by atoms with van der Waals surface area (Å²) in [5.41, 5.74) is 5.89. The first-order chi connectivity index (χ1) is 9.48. The molecule has 1 saturated heterocycles. The van der Waals surface area contributed by atoms with Gasteiger partial charge in [0.05, 0.1) is 4.90 Å². The van der Waals surface area contributed by atoms with Crippen LogP contribution in [0.25, 0.3) is 0 Å². The molecule has 20 heavy (non-hydrogen) atoms. The maximum atomic E-state index is 12.7. The van der Waals surface area contributed by atoms with Crippen molar-refractivity contribution in [2.45, 2.75) is 36.7 Å². The topological polar surface area (TPSA) is 81.9 Å². The quantitative estimate of drug-likeness (QED) is 0.878. The Morgan fingerprint density at radius 3 is 2.80 bits per heavy atom. The first kappa shape index (κ1) is 13.7.